The molecular formula is C10H14BrNO2S. The van der Waals surface area contributed by atoms with E-state index in [4.69, 9.17) is 4.74 Å². The van der Waals surface area contributed by atoms with Gasteiger partial charge in [-0.1, -0.05) is 22.9 Å². The summed E-state index contributed by atoms with van der Waals surface area (Å²) in [7, 11) is 0. The molecule has 1 rings (SSSR count). The molecule has 5 heteroatoms. The summed E-state index contributed by atoms with van der Waals surface area (Å²) in [4.78, 5) is 16.0. The Morgan fingerprint density at radius 1 is 1.67 bits per heavy atom. The van der Waals surface area contributed by atoms with Crippen molar-refractivity contribution in [1.29, 1.82) is 0 Å². The van der Waals surface area contributed by atoms with Crippen LogP contribution in [0.15, 0.2) is 5.38 Å². The van der Waals surface area contributed by atoms with Gasteiger partial charge in [-0.05, 0) is 20.3 Å². The lowest BCUT2D eigenvalue weighted by Gasteiger charge is -2.17. The molecule has 0 aliphatic carbocycles. The Labute approximate surface area is 102 Å². The van der Waals surface area contributed by atoms with Crippen LogP contribution in [0.25, 0.3) is 0 Å². The summed E-state index contributed by atoms with van der Waals surface area (Å²) >= 11 is 4.85. The van der Waals surface area contributed by atoms with Gasteiger partial charge in [0.05, 0.1) is 12.3 Å². The molecule has 0 amide bonds. The minimum absolute atomic E-state index is 0.290. The van der Waals surface area contributed by atoms with Crippen molar-refractivity contribution in [2.75, 3.05) is 6.61 Å². The number of nitrogens with zero attached hydrogens (tertiary/aromatic N) is 1. The molecule has 1 heterocycles. The van der Waals surface area contributed by atoms with Crippen molar-refractivity contribution >= 4 is 33.2 Å². The van der Waals surface area contributed by atoms with Gasteiger partial charge in [-0.3, -0.25) is 4.79 Å². The summed E-state index contributed by atoms with van der Waals surface area (Å²) in [5.41, 5.74) is 1.00. The van der Waals surface area contributed by atoms with E-state index in [1.54, 1.807) is 13.8 Å². The number of aryl methyl sites for hydroxylation is 1. The van der Waals surface area contributed by atoms with E-state index in [-0.39, 0.29) is 5.97 Å². The summed E-state index contributed by atoms with van der Waals surface area (Å²) in [5.74, 6) is -0.290. The van der Waals surface area contributed by atoms with Crippen molar-refractivity contribution in [2.45, 2.75) is 31.5 Å². The Bertz CT molecular complexity index is 349. The molecule has 0 N–H and O–H groups in total. The van der Waals surface area contributed by atoms with Crippen molar-refractivity contribution in [3.05, 3.63) is 16.1 Å². The van der Waals surface area contributed by atoms with Gasteiger partial charge in [0.2, 0.25) is 0 Å². The maximum absolute atomic E-state index is 11.7. The van der Waals surface area contributed by atoms with E-state index < -0.39 is 4.32 Å². The molecule has 0 aliphatic heterocycles. The second-order valence-corrected chi connectivity index (χ2v) is 5.67. The van der Waals surface area contributed by atoms with Crippen LogP contribution < -0.4 is 0 Å². The molecule has 1 atom stereocenters. The molecule has 0 spiro atoms. The van der Waals surface area contributed by atoms with Crippen LogP contribution in [0.2, 0.25) is 0 Å². The van der Waals surface area contributed by atoms with Gasteiger partial charge in [0.1, 0.15) is 5.01 Å². The first-order valence-corrected chi connectivity index (χ1v) is 6.50. The Morgan fingerprint density at radius 2 is 2.33 bits per heavy atom. The third kappa shape index (κ3) is 2.78. The average Bonchev–Trinajstić information content (AvgIpc) is 2.66. The lowest BCUT2D eigenvalue weighted by atomic mass is 10.2. The number of halogens is 1. The summed E-state index contributed by atoms with van der Waals surface area (Å²) in [6.45, 7) is 5.98. The van der Waals surface area contributed by atoms with E-state index in [1.165, 1.54) is 11.3 Å². The normalized spacial score (nSPS) is 14.7. The number of aromatic nitrogens is 1. The molecule has 0 radical (unpaired) electrons. The van der Waals surface area contributed by atoms with Crippen LogP contribution in [0.4, 0.5) is 0 Å². The third-order valence-electron chi connectivity index (χ3n) is 1.97. The lowest BCUT2D eigenvalue weighted by molar-refractivity contribution is -0.145. The number of thiazole rings is 1. The maximum atomic E-state index is 11.7. The van der Waals surface area contributed by atoms with Crippen LogP contribution in [-0.2, 0) is 20.3 Å². The van der Waals surface area contributed by atoms with Crippen molar-refractivity contribution in [3.63, 3.8) is 0 Å². The molecule has 1 aromatic heterocycles. The first-order valence-electron chi connectivity index (χ1n) is 4.83. The monoisotopic (exact) mass is 291 g/mol. The molecule has 0 fully saturated rings. The Kier molecular flexibility index (Phi) is 4.28. The zero-order chi connectivity index (χ0) is 11.5. The highest BCUT2D eigenvalue weighted by molar-refractivity contribution is 9.10. The van der Waals surface area contributed by atoms with Crippen LogP contribution in [0, 0.1) is 0 Å². The molecule has 0 aromatic carbocycles. The fourth-order valence-electron chi connectivity index (χ4n) is 1.04. The van der Waals surface area contributed by atoms with Gasteiger partial charge in [0, 0.05) is 5.38 Å². The Hall–Kier alpha value is -0.420. The van der Waals surface area contributed by atoms with E-state index in [0.29, 0.717) is 6.61 Å². The highest BCUT2D eigenvalue weighted by Crippen LogP contribution is 2.34. The molecule has 1 aromatic rings. The standard InChI is InChI=1S/C10H14BrNO2S/c1-4-7-6-15-8(12-7)10(3,11)9(13)14-5-2/h6H,4-5H2,1-3H3. The number of hydrogen-bond acceptors (Lipinski definition) is 4. The molecule has 15 heavy (non-hydrogen) atoms. The quantitative estimate of drug-likeness (QED) is 0.633. The topological polar surface area (TPSA) is 39.2 Å². The van der Waals surface area contributed by atoms with E-state index in [0.717, 1.165) is 17.1 Å². The first kappa shape index (κ1) is 12.6. The number of ether oxygens (including phenoxy) is 1. The molecule has 0 saturated heterocycles. The van der Waals surface area contributed by atoms with E-state index in [2.05, 4.69) is 20.9 Å². The SMILES string of the molecule is CCOC(=O)C(C)(Br)c1nc(CC)cs1. The molecule has 1 unspecified atom stereocenters. The first-order chi connectivity index (χ1) is 7.02. The van der Waals surface area contributed by atoms with Crippen LogP contribution in [0.5, 0.6) is 0 Å². The van der Waals surface area contributed by atoms with Crippen molar-refractivity contribution in [1.82, 2.24) is 4.98 Å². The second-order valence-electron chi connectivity index (χ2n) is 3.22. The van der Waals surface area contributed by atoms with Gasteiger partial charge in [-0.15, -0.1) is 11.3 Å². The van der Waals surface area contributed by atoms with Crippen molar-refractivity contribution in [3.8, 4) is 0 Å². The Balaban J connectivity index is 2.89. The highest BCUT2D eigenvalue weighted by atomic mass is 79.9. The summed E-state index contributed by atoms with van der Waals surface area (Å²) in [6.07, 6.45) is 0.877. The lowest BCUT2D eigenvalue weighted by Crippen LogP contribution is -2.27. The number of carbonyl (C=O) groups excluding carboxylic acids is 1. The fourth-order valence-corrected chi connectivity index (χ4v) is 2.46. The largest absolute Gasteiger partial charge is 0.465 e. The van der Waals surface area contributed by atoms with Crippen LogP contribution in [0.3, 0.4) is 0 Å². The smallest absolute Gasteiger partial charge is 0.329 e. The minimum Gasteiger partial charge on any atom is -0.465 e. The van der Waals surface area contributed by atoms with Crippen LogP contribution in [0.1, 0.15) is 31.5 Å². The van der Waals surface area contributed by atoms with Crippen molar-refractivity contribution in [2.24, 2.45) is 0 Å². The van der Waals surface area contributed by atoms with Crippen molar-refractivity contribution < 1.29 is 9.53 Å². The molecule has 0 saturated carbocycles. The van der Waals surface area contributed by atoms with E-state index in [1.807, 2.05) is 12.3 Å². The summed E-state index contributed by atoms with van der Waals surface area (Å²) < 4.78 is 4.17. The number of alkyl halides is 1. The predicted molar refractivity (Wildman–Crippen MR) is 64.4 cm³/mol. The average molecular weight is 292 g/mol. The molecule has 3 nitrogen and oxygen atoms in total. The van der Waals surface area contributed by atoms with E-state index >= 15 is 0 Å². The molecule has 0 bridgehead atoms. The third-order valence-corrected chi connectivity index (χ3v) is 4.05. The van der Waals surface area contributed by atoms with E-state index in [9.17, 15) is 4.79 Å². The summed E-state index contributed by atoms with van der Waals surface area (Å²) in [6, 6.07) is 0. The van der Waals surface area contributed by atoms with Gasteiger partial charge in [-0.25, -0.2) is 4.98 Å². The zero-order valence-electron chi connectivity index (χ0n) is 9.04. The van der Waals surface area contributed by atoms with Gasteiger partial charge < -0.3 is 4.74 Å². The maximum Gasteiger partial charge on any atom is 0.329 e. The van der Waals surface area contributed by atoms with Gasteiger partial charge in [-0.2, -0.15) is 0 Å². The second kappa shape index (κ2) is 5.07. The predicted octanol–water partition coefficient (Wildman–Crippen LogP) is 2.88. The van der Waals surface area contributed by atoms with Crippen LogP contribution in [-0.4, -0.2) is 17.6 Å². The number of carbonyl (C=O) groups is 1. The molecule has 84 valence electrons. The zero-order valence-corrected chi connectivity index (χ0v) is 11.4. The number of hydrogen-bond donors (Lipinski definition) is 0. The van der Waals surface area contributed by atoms with Gasteiger partial charge in [0.15, 0.2) is 4.32 Å². The fraction of sp³-hybridized carbons (Fsp3) is 0.600. The minimum atomic E-state index is -0.818. The van der Waals surface area contributed by atoms with Crippen LogP contribution >= 0.6 is 27.3 Å². The number of rotatable bonds is 4. The molecule has 0 aliphatic rings. The number of esters is 1. The van der Waals surface area contributed by atoms with Gasteiger partial charge in [0.25, 0.3) is 0 Å². The summed E-state index contributed by atoms with van der Waals surface area (Å²) in [5, 5.41) is 2.71. The highest BCUT2D eigenvalue weighted by Gasteiger charge is 2.36. The molecular weight excluding hydrogens is 278 g/mol. The van der Waals surface area contributed by atoms with Gasteiger partial charge >= 0.3 is 5.97 Å². The Morgan fingerprint density at radius 3 is 2.80 bits per heavy atom.